The van der Waals surface area contributed by atoms with Gasteiger partial charge in [0.2, 0.25) is 0 Å². The topological polar surface area (TPSA) is 81.4 Å². The molecule has 3 rings (SSSR count). The highest BCUT2D eigenvalue weighted by atomic mass is 16.5. The zero-order valence-electron chi connectivity index (χ0n) is 14.4. The standard InChI is InChI=1S/C16H27N5O3/c1-2-13-12-19(10-11-24-13)15(22)17-7-5-9-21-16(23)20-8-4-3-6-14(20)18-21/h13H,2-12H2,1H3,(H,17,22). The van der Waals surface area contributed by atoms with Crippen molar-refractivity contribution >= 4 is 6.03 Å². The van der Waals surface area contributed by atoms with E-state index in [-0.39, 0.29) is 17.8 Å². The molecule has 1 unspecified atom stereocenters. The number of nitrogens with zero attached hydrogens (tertiary/aromatic N) is 4. The predicted octanol–water partition coefficient (Wildman–Crippen LogP) is 0.592. The number of hydrogen-bond acceptors (Lipinski definition) is 4. The van der Waals surface area contributed by atoms with Crippen molar-refractivity contribution in [1.29, 1.82) is 0 Å². The molecule has 2 amide bonds. The van der Waals surface area contributed by atoms with Crippen molar-refractivity contribution in [1.82, 2.24) is 24.6 Å². The summed E-state index contributed by atoms with van der Waals surface area (Å²) in [6, 6.07) is -0.0479. The zero-order chi connectivity index (χ0) is 16.9. The Hall–Kier alpha value is -1.83. The first-order chi connectivity index (χ1) is 11.7. The van der Waals surface area contributed by atoms with Gasteiger partial charge in [-0.15, -0.1) is 0 Å². The monoisotopic (exact) mass is 337 g/mol. The van der Waals surface area contributed by atoms with Gasteiger partial charge in [-0.1, -0.05) is 6.92 Å². The number of fused-ring (bicyclic) bond motifs is 1. The molecule has 0 aliphatic carbocycles. The van der Waals surface area contributed by atoms with Crippen LogP contribution in [0.25, 0.3) is 0 Å². The highest BCUT2D eigenvalue weighted by Crippen LogP contribution is 2.10. The summed E-state index contributed by atoms with van der Waals surface area (Å²) in [5.74, 6) is 0.897. The van der Waals surface area contributed by atoms with E-state index in [0.717, 1.165) is 38.1 Å². The molecule has 0 spiro atoms. The average molecular weight is 337 g/mol. The van der Waals surface area contributed by atoms with E-state index in [1.165, 1.54) is 4.68 Å². The largest absolute Gasteiger partial charge is 0.375 e. The van der Waals surface area contributed by atoms with Crippen LogP contribution in [-0.2, 0) is 24.2 Å². The lowest BCUT2D eigenvalue weighted by Gasteiger charge is -2.32. The van der Waals surface area contributed by atoms with Crippen LogP contribution in [0.4, 0.5) is 4.79 Å². The summed E-state index contributed by atoms with van der Waals surface area (Å²) in [5.41, 5.74) is -0.0185. The highest BCUT2D eigenvalue weighted by molar-refractivity contribution is 5.74. The van der Waals surface area contributed by atoms with Crippen LogP contribution in [0.2, 0.25) is 0 Å². The fraction of sp³-hybridized carbons (Fsp3) is 0.812. The molecule has 8 heteroatoms. The fourth-order valence-corrected chi connectivity index (χ4v) is 3.28. The van der Waals surface area contributed by atoms with Gasteiger partial charge < -0.3 is 15.0 Å². The van der Waals surface area contributed by atoms with Crippen molar-refractivity contribution in [3.63, 3.8) is 0 Å². The molecule has 134 valence electrons. The number of aromatic nitrogens is 3. The van der Waals surface area contributed by atoms with Crippen molar-refractivity contribution < 1.29 is 9.53 Å². The van der Waals surface area contributed by atoms with Crippen LogP contribution in [0.15, 0.2) is 4.79 Å². The zero-order valence-corrected chi connectivity index (χ0v) is 14.4. The van der Waals surface area contributed by atoms with Gasteiger partial charge in [0, 0.05) is 39.1 Å². The van der Waals surface area contributed by atoms with Gasteiger partial charge in [-0.25, -0.2) is 14.3 Å². The normalized spacial score (nSPS) is 20.7. The second-order valence-corrected chi connectivity index (χ2v) is 6.46. The Morgan fingerprint density at radius 1 is 1.38 bits per heavy atom. The van der Waals surface area contributed by atoms with Gasteiger partial charge in [-0.3, -0.25) is 4.57 Å². The molecule has 1 atom stereocenters. The number of carbonyl (C=O) groups excluding carboxylic acids is 1. The van der Waals surface area contributed by atoms with Gasteiger partial charge in [-0.05, 0) is 25.7 Å². The van der Waals surface area contributed by atoms with Crippen molar-refractivity contribution in [2.75, 3.05) is 26.2 Å². The number of hydrogen-bond donors (Lipinski definition) is 1. The van der Waals surface area contributed by atoms with E-state index in [1.54, 1.807) is 9.47 Å². The third kappa shape index (κ3) is 3.80. The maximum Gasteiger partial charge on any atom is 0.345 e. The minimum absolute atomic E-state index is 0.0185. The summed E-state index contributed by atoms with van der Waals surface area (Å²) >= 11 is 0. The first-order valence-electron chi connectivity index (χ1n) is 9.00. The lowest BCUT2D eigenvalue weighted by Crippen LogP contribution is -2.49. The van der Waals surface area contributed by atoms with E-state index in [9.17, 15) is 9.59 Å². The Labute approximate surface area is 141 Å². The van der Waals surface area contributed by atoms with Crippen LogP contribution in [-0.4, -0.2) is 57.6 Å². The van der Waals surface area contributed by atoms with Crippen molar-refractivity contribution in [2.45, 2.75) is 58.2 Å². The molecule has 24 heavy (non-hydrogen) atoms. The second-order valence-electron chi connectivity index (χ2n) is 6.46. The molecule has 1 saturated heterocycles. The number of amides is 2. The van der Waals surface area contributed by atoms with Gasteiger partial charge in [0.15, 0.2) is 0 Å². The van der Waals surface area contributed by atoms with E-state index in [4.69, 9.17) is 4.74 Å². The van der Waals surface area contributed by atoms with E-state index in [2.05, 4.69) is 17.3 Å². The number of carbonyl (C=O) groups is 1. The number of ether oxygens (including phenoxy) is 1. The minimum atomic E-state index is -0.0479. The third-order valence-electron chi connectivity index (χ3n) is 4.74. The molecule has 0 bridgehead atoms. The molecule has 1 aromatic heterocycles. The molecule has 0 saturated carbocycles. The summed E-state index contributed by atoms with van der Waals surface area (Å²) in [6.45, 7) is 5.81. The molecular formula is C16H27N5O3. The quantitative estimate of drug-likeness (QED) is 0.798. The first kappa shape index (κ1) is 17.0. The van der Waals surface area contributed by atoms with Crippen molar-refractivity contribution in [2.24, 2.45) is 0 Å². The molecule has 2 aliphatic heterocycles. The van der Waals surface area contributed by atoms with Crippen LogP contribution in [0.1, 0.15) is 38.4 Å². The van der Waals surface area contributed by atoms with E-state index < -0.39 is 0 Å². The molecule has 1 N–H and O–H groups in total. The SMILES string of the molecule is CCC1CN(C(=O)NCCCn2nc3n(c2=O)CCCC3)CCO1. The van der Waals surface area contributed by atoms with Gasteiger partial charge >= 0.3 is 11.7 Å². The van der Waals surface area contributed by atoms with E-state index >= 15 is 0 Å². The van der Waals surface area contributed by atoms with Gasteiger partial charge in [0.25, 0.3) is 0 Å². The number of nitrogens with one attached hydrogen (secondary N) is 1. The smallest absolute Gasteiger partial charge is 0.345 e. The molecule has 3 heterocycles. The maximum atomic E-state index is 12.2. The molecular weight excluding hydrogens is 310 g/mol. The Bertz CT molecular complexity index is 624. The Balaban J connectivity index is 1.43. The molecule has 1 aromatic rings. The fourth-order valence-electron chi connectivity index (χ4n) is 3.28. The molecule has 0 aromatic carbocycles. The van der Waals surface area contributed by atoms with Crippen molar-refractivity contribution in [3.05, 3.63) is 16.3 Å². The Kier molecular flexibility index (Phi) is 5.55. The number of aryl methyl sites for hydroxylation is 2. The Morgan fingerprint density at radius 2 is 2.25 bits per heavy atom. The molecule has 0 radical (unpaired) electrons. The van der Waals surface area contributed by atoms with E-state index in [1.807, 2.05) is 0 Å². The summed E-state index contributed by atoms with van der Waals surface area (Å²) in [6.07, 6.45) is 4.79. The predicted molar refractivity (Wildman–Crippen MR) is 89.0 cm³/mol. The Morgan fingerprint density at radius 3 is 3.04 bits per heavy atom. The number of rotatable bonds is 5. The maximum absolute atomic E-state index is 12.2. The van der Waals surface area contributed by atoms with E-state index in [0.29, 0.717) is 39.2 Å². The van der Waals surface area contributed by atoms with Crippen LogP contribution >= 0.6 is 0 Å². The summed E-state index contributed by atoms with van der Waals surface area (Å²) in [7, 11) is 0. The highest BCUT2D eigenvalue weighted by Gasteiger charge is 2.22. The van der Waals surface area contributed by atoms with Crippen LogP contribution in [0.3, 0.4) is 0 Å². The molecule has 2 aliphatic rings. The number of morpholine rings is 1. The summed E-state index contributed by atoms with van der Waals surface area (Å²) in [5, 5.41) is 7.34. The summed E-state index contributed by atoms with van der Waals surface area (Å²) < 4.78 is 8.89. The van der Waals surface area contributed by atoms with Crippen LogP contribution in [0, 0.1) is 0 Å². The minimum Gasteiger partial charge on any atom is -0.375 e. The van der Waals surface area contributed by atoms with Crippen LogP contribution in [0.5, 0.6) is 0 Å². The molecule has 8 nitrogen and oxygen atoms in total. The first-order valence-corrected chi connectivity index (χ1v) is 9.00. The average Bonchev–Trinajstić information content (AvgIpc) is 2.95. The van der Waals surface area contributed by atoms with Crippen LogP contribution < -0.4 is 11.0 Å². The number of urea groups is 1. The van der Waals surface area contributed by atoms with Gasteiger partial charge in [-0.2, -0.15) is 5.10 Å². The second kappa shape index (κ2) is 7.83. The third-order valence-corrected chi connectivity index (χ3v) is 4.74. The van der Waals surface area contributed by atoms with Gasteiger partial charge in [0.05, 0.1) is 12.7 Å². The lowest BCUT2D eigenvalue weighted by molar-refractivity contribution is -0.0153. The molecule has 1 fully saturated rings. The lowest BCUT2D eigenvalue weighted by atomic mass is 10.2. The van der Waals surface area contributed by atoms with Crippen molar-refractivity contribution in [3.8, 4) is 0 Å². The summed E-state index contributed by atoms with van der Waals surface area (Å²) in [4.78, 5) is 26.2. The van der Waals surface area contributed by atoms with Gasteiger partial charge in [0.1, 0.15) is 5.82 Å².